The highest BCUT2D eigenvalue weighted by Crippen LogP contribution is 2.33. The lowest BCUT2D eigenvalue weighted by Gasteiger charge is -2.29. The molecule has 0 aromatic heterocycles. The van der Waals surface area contributed by atoms with E-state index in [9.17, 15) is 14.4 Å². The highest BCUT2D eigenvalue weighted by Gasteiger charge is 2.40. The minimum Gasteiger partial charge on any atom is -0.492 e. The number of ether oxygens (including phenoxy) is 1. The van der Waals surface area contributed by atoms with Crippen molar-refractivity contribution >= 4 is 40.3 Å². The van der Waals surface area contributed by atoms with Crippen molar-refractivity contribution in [3.8, 4) is 5.75 Å². The Kier molecular flexibility index (Phi) is 4.32. The molecule has 2 heterocycles. The highest BCUT2D eigenvalue weighted by atomic mass is 127. The van der Waals surface area contributed by atoms with E-state index in [1.165, 1.54) is 4.90 Å². The van der Waals surface area contributed by atoms with Gasteiger partial charge in [0.2, 0.25) is 11.8 Å². The molecule has 1 aromatic rings. The van der Waals surface area contributed by atoms with Crippen LogP contribution in [0.15, 0.2) is 18.2 Å². The first-order chi connectivity index (χ1) is 10.6. The van der Waals surface area contributed by atoms with E-state index in [4.69, 9.17) is 4.74 Å². The summed E-state index contributed by atoms with van der Waals surface area (Å²) in [6.45, 7) is 0.918. The first-order valence-corrected chi connectivity index (χ1v) is 8.59. The average Bonchev–Trinajstić information content (AvgIpc) is 2.83. The molecule has 0 aliphatic carbocycles. The van der Waals surface area contributed by atoms with E-state index >= 15 is 0 Å². The Hall–Kier alpha value is -1.64. The van der Waals surface area contributed by atoms with E-state index in [0.717, 1.165) is 9.99 Å². The number of alkyl halides is 1. The van der Waals surface area contributed by atoms with Crippen molar-refractivity contribution in [3.05, 3.63) is 29.3 Å². The van der Waals surface area contributed by atoms with Gasteiger partial charge in [-0.25, -0.2) is 0 Å². The van der Waals surface area contributed by atoms with Gasteiger partial charge in [-0.2, -0.15) is 0 Å². The maximum atomic E-state index is 12.6. The highest BCUT2D eigenvalue weighted by molar-refractivity contribution is 14.1. The summed E-state index contributed by atoms with van der Waals surface area (Å²) in [6, 6.07) is 4.79. The number of amides is 3. The van der Waals surface area contributed by atoms with Crippen molar-refractivity contribution < 1.29 is 19.1 Å². The van der Waals surface area contributed by atoms with Gasteiger partial charge in [0, 0.05) is 22.0 Å². The van der Waals surface area contributed by atoms with Gasteiger partial charge in [0.05, 0.1) is 13.2 Å². The van der Waals surface area contributed by atoms with Crippen LogP contribution in [0.3, 0.4) is 0 Å². The summed E-state index contributed by atoms with van der Waals surface area (Å²) < 4.78 is 6.54. The minimum atomic E-state index is -0.588. The lowest BCUT2D eigenvalue weighted by molar-refractivity contribution is -0.136. The molecular formula is C15H15IN2O4. The van der Waals surface area contributed by atoms with Crippen LogP contribution in [0.5, 0.6) is 5.75 Å². The molecule has 2 aliphatic heterocycles. The predicted molar refractivity (Wildman–Crippen MR) is 86.9 cm³/mol. The molecule has 0 saturated carbocycles. The quantitative estimate of drug-likeness (QED) is 0.458. The summed E-state index contributed by atoms with van der Waals surface area (Å²) in [5.41, 5.74) is 1.40. The molecule has 116 valence electrons. The van der Waals surface area contributed by atoms with Crippen LogP contribution >= 0.6 is 22.6 Å². The van der Waals surface area contributed by atoms with E-state index < -0.39 is 11.9 Å². The number of piperidine rings is 1. The number of rotatable bonds is 4. The fraction of sp³-hybridized carbons (Fsp3) is 0.400. The number of imide groups is 1. The van der Waals surface area contributed by atoms with Crippen LogP contribution in [0.2, 0.25) is 0 Å². The monoisotopic (exact) mass is 414 g/mol. The molecule has 3 rings (SSSR count). The topological polar surface area (TPSA) is 75.7 Å². The van der Waals surface area contributed by atoms with Gasteiger partial charge in [-0.15, -0.1) is 0 Å². The van der Waals surface area contributed by atoms with E-state index in [-0.39, 0.29) is 18.2 Å². The van der Waals surface area contributed by atoms with Crippen molar-refractivity contribution in [1.29, 1.82) is 0 Å². The number of benzene rings is 1. The summed E-state index contributed by atoms with van der Waals surface area (Å²) in [5, 5.41) is 2.30. The zero-order valence-electron chi connectivity index (χ0n) is 11.8. The maximum Gasteiger partial charge on any atom is 0.255 e. The first-order valence-electron chi connectivity index (χ1n) is 7.07. The van der Waals surface area contributed by atoms with Gasteiger partial charge in [0.15, 0.2) is 0 Å². The second kappa shape index (κ2) is 6.23. The second-order valence-corrected chi connectivity index (χ2v) is 6.30. The average molecular weight is 414 g/mol. The standard InChI is InChI=1S/C15H15IN2O4/c16-6-7-22-12-3-1-2-9-10(12)8-18(15(9)21)11-4-5-13(19)17-14(11)20/h1-3,11H,4-8H2,(H,17,19,20). The molecule has 1 N–H and O–H groups in total. The van der Waals surface area contributed by atoms with E-state index in [1.54, 1.807) is 12.1 Å². The molecule has 0 radical (unpaired) electrons. The van der Waals surface area contributed by atoms with Crippen LogP contribution in [0.1, 0.15) is 28.8 Å². The Morgan fingerprint density at radius 3 is 2.86 bits per heavy atom. The number of nitrogens with zero attached hydrogens (tertiary/aromatic N) is 1. The Balaban J connectivity index is 1.84. The summed E-state index contributed by atoms with van der Waals surface area (Å²) in [5.74, 6) is -0.162. The number of hydrogen-bond donors (Lipinski definition) is 1. The van der Waals surface area contributed by atoms with Gasteiger partial charge in [-0.3, -0.25) is 19.7 Å². The zero-order chi connectivity index (χ0) is 15.7. The molecule has 6 nitrogen and oxygen atoms in total. The van der Waals surface area contributed by atoms with E-state index in [0.29, 0.717) is 30.9 Å². The number of fused-ring (bicyclic) bond motifs is 1. The first kappa shape index (κ1) is 15.3. The number of hydrogen-bond acceptors (Lipinski definition) is 4. The van der Waals surface area contributed by atoms with Gasteiger partial charge in [-0.05, 0) is 18.6 Å². The summed E-state index contributed by atoms with van der Waals surface area (Å²) >= 11 is 2.22. The molecule has 2 aliphatic rings. The molecule has 7 heteroatoms. The van der Waals surface area contributed by atoms with Crippen molar-refractivity contribution in [3.63, 3.8) is 0 Å². The number of carbonyl (C=O) groups excluding carboxylic acids is 3. The van der Waals surface area contributed by atoms with Gasteiger partial charge >= 0.3 is 0 Å². The number of halogens is 1. The van der Waals surface area contributed by atoms with Crippen LogP contribution in [-0.2, 0) is 16.1 Å². The van der Waals surface area contributed by atoms with Crippen LogP contribution in [0.25, 0.3) is 0 Å². The van der Waals surface area contributed by atoms with Crippen LogP contribution in [-0.4, -0.2) is 39.7 Å². The molecule has 1 atom stereocenters. The third kappa shape index (κ3) is 2.69. The fourth-order valence-corrected chi connectivity index (χ4v) is 3.06. The Labute approximate surface area is 141 Å². The molecule has 22 heavy (non-hydrogen) atoms. The van der Waals surface area contributed by atoms with E-state index in [2.05, 4.69) is 27.9 Å². The van der Waals surface area contributed by atoms with Gasteiger partial charge in [0.1, 0.15) is 11.8 Å². The SMILES string of the molecule is O=C1CCC(N2Cc3c(OCCI)cccc3C2=O)C(=O)N1. The maximum absolute atomic E-state index is 12.6. The van der Waals surface area contributed by atoms with Gasteiger partial charge in [0.25, 0.3) is 5.91 Å². The van der Waals surface area contributed by atoms with Crippen LogP contribution in [0.4, 0.5) is 0 Å². The summed E-state index contributed by atoms with van der Waals surface area (Å²) in [4.78, 5) is 37.3. The lowest BCUT2D eigenvalue weighted by atomic mass is 10.0. The van der Waals surface area contributed by atoms with Crippen LogP contribution < -0.4 is 10.1 Å². The Bertz CT molecular complexity index is 646. The molecular weight excluding hydrogens is 399 g/mol. The van der Waals surface area contributed by atoms with E-state index in [1.807, 2.05) is 6.07 Å². The van der Waals surface area contributed by atoms with Crippen molar-refractivity contribution in [2.75, 3.05) is 11.0 Å². The van der Waals surface area contributed by atoms with Crippen molar-refractivity contribution in [2.45, 2.75) is 25.4 Å². The Morgan fingerprint density at radius 1 is 1.32 bits per heavy atom. The predicted octanol–water partition coefficient (Wildman–Crippen LogP) is 1.26. The third-order valence-corrected chi connectivity index (χ3v) is 4.31. The molecule has 1 aromatic carbocycles. The number of nitrogens with one attached hydrogen (secondary N) is 1. The molecule has 3 amide bonds. The molecule has 0 bridgehead atoms. The Morgan fingerprint density at radius 2 is 2.14 bits per heavy atom. The van der Waals surface area contributed by atoms with Gasteiger partial charge in [-0.1, -0.05) is 28.7 Å². The molecule has 1 fully saturated rings. The smallest absolute Gasteiger partial charge is 0.255 e. The summed E-state index contributed by atoms with van der Waals surface area (Å²) in [7, 11) is 0. The largest absolute Gasteiger partial charge is 0.492 e. The molecule has 0 spiro atoms. The van der Waals surface area contributed by atoms with Crippen molar-refractivity contribution in [1.82, 2.24) is 10.2 Å². The lowest BCUT2D eigenvalue weighted by Crippen LogP contribution is -2.52. The third-order valence-electron chi connectivity index (χ3n) is 3.87. The minimum absolute atomic E-state index is 0.176. The van der Waals surface area contributed by atoms with Gasteiger partial charge < -0.3 is 9.64 Å². The molecule has 1 saturated heterocycles. The zero-order valence-corrected chi connectivity index (χ0v) is 14.0. The normalized spacial score (nSPS) is 20.9. The van der Waals surface area contributed by atoms with Crippen molar-refractivity contribution in [2.24, 2.45) is 0 Å². The fourth-order valence-electron chi connectivity index (χ4n) is 2.84. The number of carbonyl (C=O) groups is 3. The summed E-state index contributed by atoms with van der Waals surface area (Å²) in [6.07, 6.45) is 0.628. The molecule has 1 unspecified atom stereocenters. The van der Waals surface area contributed by atoms with Crippen LogP contribution in [0, 0.1) is 0 Å². The second-order valence-electron chi connectivity index (χ2n) is 5.22.